The number of phenolic OH excluding ortho intramolecular Hbond substituents is 1. The van der Waals surface area contributed by atoms with Gasteiger partial charge in [0.2, 0.25) is 5.91 Å². The number of carbonyl (C=O) groups excluding carboxylic acids is 1. The van der Waals surface area contributed by atoms with Gasteiger partial charge in [0.05, 0.1) is 22.4 Å². The van der Waals surface area contributed by atoms with Crippen LogP contribution in [0, 0.1) is 34.9 Å². The molecule has 5 heterocycles. The van der Waals surface area contributed by atoms with E-state index in [0.29, 0.717) is 65.6 Å². The molecule has 2 aromatic heterocycles. The maximum absolute atomic E-state index is 17.0. The Morgan fingerprint density at radius 3 is 2.78 bits per heavy atom. The number of pyridine rings is 1. The number of rotatable bonds is 7. The van der Waals surface area contributed by atoms with E-state index in [0.717, 1.165) is 38.8 Å². The summed E-state index contributed by atoms with van der Waals surface area (Å²) < 4.78 is 23.4. The van der Waals surface area contributed by atoms with Gasteiger partial charge < -0.3 is 20.1 Å². The standard InChI is InChI=1S/C38H38FN7O3/c1-4-24-9-6-10-25-17-27(47)18-28(31(24)25)33-32(39)34-29(20-41-33)35(44-36(43-34)49-23-38-11-7-14-46(38)15-8-12-38)45-16-13-37(3,22-40)19-26(21-45)42-30(48)5-2/h1,5-6,9-10,17-18,20,26,47H,2,7-8,11-16,19,21,23H2,3H3,(H,42,48)/t26-,37+/m1/s1. The maximum atomic E-state index is 17.0. The normalized spacial score (nSPS) is 21.9. The first-order valence-corrected chi connectivity index (χ1v) is 16.7. The average Bonchev–Trinajstić information content (AvgIpc) is 3.64. The number of nitriles is 1. The number of benzene rings is 2. The van der Waals surface area contributed by atoms with E-state index in [1.165, 1.54) is 18.3 Å². The molecule has 0 spiro atoms. The molecule has 0 saturated carbocycles. The molecule has 2 atom stereocenters. The number of ether oxygens (including phenoxy) is 1. The number of terminal acetylenes is 1. The van der Waals surface area contributed by atoms with Crippen LogP contribution in [0.5, 0.6) is 11.8 Å². The molecule has 49 heavy (non-hydrogen) atoms. The van der Waals surface area contributed by atoms with Gasteiger partial charge in [0, 0.05) is 41.8 Å². The zero-order valence-electron chi connectivity index (χ0n) is 27.5. The van der Waals surface area contributed by atoms with E-state index in [9.17, 15) is 15.2 Å². The molecule has 7 rings (SSSR count). The summed E-state index contributed by atoms with van der Waals surface area (Å²) >= 11 is 0. The Hall–Kier alpha value is -5.26. The highest BCUT2D eigenvalue weighted by atomic mass is 19.1. The number of nitrogens with zero attached hydrogens (tertiary/aromatic N) is 6. The Balaban J connectivity index is 1.38. The third-order valence-corrected chi connectivity index (χ3v) is 10.5. The van der Waals surface area contributed by atoms with Crippen molar-refractivity contribution in [1.82, 2.24) is 25.2 Å². The topological polar surface area (TPSA) is 128 Å². The Morgan fingerprint density at radius 1 is 1.24 bits per heavy atom. The van der Waals surface area contributed by atoms with Gasteiger partial charge in [-0.1, -0.05) is 24.6 Å². The minimum absolute atomic E-state index is 0.00542. The lowest BCUT2D eigenvalue weighted by Crippen LogP contribution is -2.44. The van der Waals surface area contributed by atoms with Crippen LogP contribution >= 0.6 is 0 Å². The third-order valence-electron chi connectivity index (χ3n) is 10.5. The third kappa shape index (κ3) is 5.89. The van der Waals surface area contributed by atoms with E-state index in [1.807, 2.05) is 11.8 Å². The van der Waals surface area contributed by atoms with E-state index in [1.54, 1.807) is 24.3 Å². The van der Waals surface area contributed by atoms with Crippen LogP contribution in [0.2, 0.25) is 0 Å². The Labute approximate surface area is 284 Å². The lowest BCUT2D eigenvalue weighted by molar-refractivity contribution is -0.117. The van der Waals surface area contributed by atoms with Crippen molar-refractivity contribution in [3.8, 4) is 41.4 Å². The predicted molar refractivity (Wildman–Crippen MR) is 185 cm³/mol. The lowest BCUT2D eigenvalue weighted by Gasteiger charge is -2.31. The summed E-state index contributed by atoms with van der Waals surface area (Å²) in [7, 11) is 0. The van der Waals surface area contributed by atoms with Crippen molar-refractivity contribution >= 4 is 33.4 Å². The van der Waals surface area contributed by atoms with Gasteiger partial charge >= 0.3 is 6.01 Å². The van der Waals surface area contributed by atoms with Crippen LogP contribution < -0.4 is 15.0 Å². The number of aromatic hydroxyl groups is 1. The van der Waals surface area contributed by atoms with Gasteiger partial charge in [0.1, 0.15) is 29.4 Å². The van der Waals surface area contributed by atoms with Crippen molar-refractivity contribution in [2.75, 3.05) is 37.7 Å². The molecule has 250 valence electrons. The SMILES string of the molecule is C#Cc1cccc2cc(O)cc(-c3ncc4c(N5CC[C@](C)(C#N)C[C@@H](NC(=O)C=C)C5)nc(OCC56CCCN5CCC6)nc4c3F)c12. The van der Waals surface area contributed by atoms with Crippen molar-refractivity contribution in [3.63, 3.8) is 0 Å². The van der Waals surface area contributed by atoms with Gasteiger partial charge in [0.15, 0.2) is 5.82 Å². The molecule has 10 nitrogen and oxygen atoms in total. The molecule has 1 amide bonds. The van der Waals surface area contributed by atoms with Crippen LogP contribution in [0.15, 0.2) is 49.2 Å². The number of nitrogens with one attached hydrogen (secondary N) is 1. The highest BCUT2D eigenvalue weighted by Crippen LogP contribution is 2.41. The first-order valence-electron chi connectivity index (χ1n) is 16.7. The van der Waals surface area contributed by atoms with Crippen LogP contribution in [-0.2, 0) is 4.79 Å². The van der Waals surface area contributed by atoms with E-state index in [-0.39, 0.29) is 34.4 Å². The zero-order valence-corrected chi connectivity index (χ0v) is 27.5. The minimum atomic E-state index is -0.717. The monoisotopic (exact) mass is 659 g/mol. The molecule has 0 aliphatic carbocycles. The molecule has 3 aliphatic heterocycles. The molecule has 3 saturated heterocycles. The summed E-state index contributed by atoms with van der Waals surface area (Å²) in [6.45, 7) is 8.62. The molecule has 2 aromatic carbocycles. The maximum Gasteiger partial charge on any atom is 0.319 e. The van der Waals surface area contributed by atoms with Gasteiger partial charge in [-0.2, -0.15) is 15.2 Å². The Bertz CT molecular complexity index is 2060. The fourth-order valence-electron chi connectivity index (χ4n) is 7.99. The molecule has 3 aliphatic rings. The number of carbonyl (C=O) groups is 1. The molecule has 4 aromatic rings. The van der Waals surface area contributed by atoms with E-state index >= 15 is 4.39 Å². The van der Waals surface area contributed by atoms with E-state index < -0.39 is 17.3 Å². The minimum Gasteiger partial charge on any atom is -0.508 e. The van der Waals surface area contributed by atoms with Crippen LogP contribution in [-0.4, -0.2) is 75.2 Å². The van der Waals surface area contributed by atoms with Gasteiger partial charge in [-0.3, -0.25) is 14.7 Å². The molecule has 2 N–H and O–H groups in total. The van der Waals surface area contributed by atoms with Gasteiger partial charge in [0.25, 0.3) is 0 Å². The molecule has 0 unspecified atom stereocenters. The van der Waals surface area contributed by atoms with Crippen LogP contribution in [0.4, 0.5) is 10.2 Å². The summed E-state index contributed by atoms with van der Waals surface area (Å²) in [6.07, 6.45) is 13.7. The fourth-order valence-corrected chi connectivity index (χ4v) is 7.99. The van der Waals surface area contributed by atoms with Crippen LogP contribution in [0.25, 0.3) is 32.9 Å². The lowest BCUT2D eigenvalue weighted by atomic mass is 9.83. The highest BCUT2D eigenvalue weighted by molar-refractivity contribution is 6.02. The van der Waals surface area contributed by atoms with E-state index in [4.69, 9.17) is 16.1 Å². The number of halogens is 1. The first-order chi connectivity index (χ1) is 23.7. The van der Waals surface area contributed by atoms with Crippen molar-refractivity contribution in [1.29, 1.82) is 5.26 Å². The summed E-state index contributed by atoms with van der Waals surface area (Å²) in [4.78, 5) is 30.9. The predicted octanol–water partition coefficient (Wildman–Crippen LogP) is 5.48. The smallest absolute Gasteiger partial charge is 0.319 e. The quantitative estimate of drug-likeness (QED) is 0.196. The zero-order chi connectivity index (χ0) is 34.3. The average molecular weight is 660 g/mol. The van der Waals surface area contributed by atoms with Crippen molar-refractivity contribution in [2.24, 2.45) is 5.41 Å². The summed E-state index contributed by atoms with van der Waals surface area (Å²) in [5.41, 5.74) is 0.0485. The number of hydrogen-bond donors (Lipinski definition) is 2. The number of anilines is 1. The summed E-state index contributed by atoms with van der Waals surface area (Å²) in [6, 6.07) is 10.4. The molecular weight excluding hydrogens is 621 g/mol. The first kappa shape index (κ1) is 32.3. The number of hydrogen-bond acceptors (Lipinski definition) is 9. The van der Waals surface area contributed by atoms with Gasteiger partial charge in [-0.25, -0.2) is 4.39 Å². The van der Waals surface area contributed by atoms with Crippen molar-refractivity contribution in [2.45, 2.75) is 57.0 Å². The number of aromatic nitrogens is 3. The number of amides is 1. The van der Waals surface area contributed by atoms with Crippen molar-refractivity contribution < 1.29 is 19.0 Å². The fraction of sp³-hybridized carbons (Fsp3) is 0.395. The Morgan fingerprint density at radius 2 is 2.04 bits per heavy atom. The number of phenols is 1. The van der Waals surface area contributed by atoms with E-state index in [2.05, 4.69) is 38.8 Å². The molecule has 3 fully saturated rings. The molecule has 11 heteroatoms. The summed E-state index contributed by atoms with van der Waals surface area (Å²) in [5.74, 6) is 1.96. The van der Waals surface area contributed by atoms with Gasteiger partial charge in [-0.15, -0.1) is 6.42 Å². The Kier molecular flexibility index (Phi) is 8.33. The molecule has 0 bridgehead atoms. The number of fused-ring (bicyclic) bond motifs is 3. The summed E-state index contributed by atoms with van der Waals surface area (Å²) in [5, 5.41) is 25.2. The second kappa shape index (κ2) is 12.6. The second-order valence-electron chi connectivity index (χ2n) is 13.7. The van der Waals surface area contributed by atoms with Crippen LogP contribution in [0.3, 0.4) is 0 Å². The molecular formula is C38H38FN7O3. The largest absolute Gasteiger partial charge is 0.508 e. The highest BCUT2D eigenvalue weighted by Gasteiger charge is 2.45. The van der Waals surface area contributed by atoms with Crippen LogP contribution in [0.1, 0.15) is 51.0 Å². The second-order valence-corrected chi connectivity index (χ2v) is 13.7. The van der Waals surface area contributed by atoms with Crippen molar-refractivity contribution in [3.05, 3.63) is 60.6 Å². The molecule has 0 radical (unpaired) electrons. The van der Waals surface area contributed by atoms with Gasteiger partial charge in [-0.05, 0) is 88.2 Å².